The number of benzene rings is 2. The number of nitrogens with zero attached hydrogens (tertiary/aromatic N) is 3. The van der Waals surface area contributed by atoms with Crippen molar-refractivity contribution in [3.63, 3.8) is 0 Å². The van der Waals surface area contributed by atoms with Gasteiger partial charge in [0.05, 0.1) is 27.1 Å². The van der Waals surface area contributed by atoms with E-state index in [-0.39, 0.29) is 39.9 Å². The average Bonchev–Trinajstić information content (AvgIpc) is 3.27. The maximum atomic E-state index is 14.0. The summed E-state index contributed by atoms with van der Waals surface area (Å²) in [6.07, 6.45) is 0. The molecule has 3 aromatic rings. The molecule has 8 nitrogen and oxygen atoms in total. The molecule has 2 aromatic carbocycles. The first kappa shape index (κ1) is 23.7. The lowest BCUT2D eigenvalue weighted by Crippen LogP contribution is -2.28. The van der Waals surface area contributed by atoms with E-state index in [1.54, 1.807) is 25.2 Å². The van der Waals surface area contributed by atoms with Crippen LogP contribution in [0.1, 0.15) is 5.56 Å². The number of carbonyl (C=O) groups excluding carboxylic acids is 1. The molecule has 0 aliphatic heterocycles. The fourth-order valence-corrected chi connectivity index (χ4v) is 3.76. The van der Waals surface area contributed by atoms with Crippen LogP contribution in [0.4, 0.5) is 4.39 Å². The Hall–Kier alpha value is -2.98. The second-order valence-electron chi connectivity index (χ2n) is 6.53. The Morgan fingerprint density at radius 1 is 1.16 bits per heavy atom. The number of thioether (sulfide) groups is 1. The van der Waals surface area contributed by atoms with E-state index in [2.05, 4.69) is 10.2 Å². The Kier molecular flexibility index (Phi) is 7.81. The van der Waals surface area contributed by atoms with Crippen molar-refractivity contribution in [3.05, 3.63) is 46.7 Å². The Balaban J connectivity index is 1.67. The van der Waals surface area contributed by atoms with Gasteiger partial charge in [0.15, 0.2) is 11.5 Å². The highest BCUT2D eigenvalue weighted by Gasteiger charge is 2.19. The average molecular weight is 482 g/mol. The number of carbonyl (C=O) groups is 1. The molecular formula is C21H21ClFN3O5S. The molecule has 0 aliphatic rings. The number of rotatable bonds is 9. The van der Waals surface area contributed by atoms with Gasteiger partial charge in [-0.05, 0) is 24.3 Å². The van der Waals surface area contributed by atoms with Crippen molar-refractivity contribution in [1.82, 2.24) is 15.1 Å². The molecule has 3 rings (SSSR count). The number of aromatic nitrogens is 2. The Morgan fingerprint density at radius 2 is 1.84 bits per heavy atom. The van der Waals surface area contributed by atoms with Gasteiger partial charge in [-0.1, -0.05) is 29.4 Å². The molecule has 0 atom stereocenters. The summed E-state index contributed by atoms with van der Waals surface area (Å²) < 4.78 is 35.6. The number of amides is 1. The number of halogens is 2. The van der Waals surface area contributed by atoms with Crippen molar-refractivity contribution in [2.24, 2.45) is 0 Å². The number of methoxy groups -OCH3 is 3. The highest BCUT2D eigenvalue weighted by atomic mass is 35.5. The van der Waals surface area contributed by atoms with Gasteiger partial charge in [-0.15, -0.1) is 10.2 Å². The summed E-state index contributed by atoms with van der Waals surface area (Å²) in [7, 11) is 6.09. The van der Waals surface area contributed by atoms with Crippen LogP contribution < -0.4 is 14.2 Å². The summed E-state index contributed by atoms with van der Waals surface area (Å²) in [5.41, 5.74) is 0.828. The fourth-order valence-electron chi connectivity index (χ4n) is 2.83. The zero-order valence-electron chi connectivity index (χ0n) is 17.8. The van der Waals surface area contributed by atoms with Gasteiger partial charge in [-0.25, -0.2) is 4.39 Å². The molecule has 1 heterocycles. The van der Waals surface area contributed by atoms with E-state index in [1.165, 1.54) is 38.4 Å². The first-order chi connectivity index (χ1) is 15.4. The predicted octanol–water partition coefficient (Wildman–Crippen LogP) is 4.31. The Labute approximate surface area is 193 Å². The third-order valence-corrected chi connectivity index (χ3v) is 5.68. The van der Waals surface area contributed by atoms with Crippen LogP contribution in [0.2, 0.25) is 5.02 Å². The van der Waals surface area contributed by atoms with Crippen molar-refractivity contribution < 1.29 is 27.8 Å². The highest BCUT2D eigenvalue weighted by molar-refractivity contribution is 7.99. The number of hydrogen-bond acceptors (Lipinski definition) is 8. The highest BCUT2D eigenvalue weighted by Crippen LogP contribution is 2.41. The molecule has 1 amide bonds. The van der Waals surface area contributed by atoms with Crippen molar-refractivity contribution >= 4 is 29.3 Å². The van der Waals surface area contributed by atoms with Crippen LogP contribution in [0, 0.1) is 5.82 Å². The monoisotopic (exact) mass is 481 g/mol. The molecule has 0 saturated heterocycles. The summed E-state index contributed by atoms with van der Waals surface area (Å²) in [6.45, 7) is 0.0470. The minimum absolute atomic E-state index is 0.0272. The fraction of sp³-hybridized carbons (Fsp3) is 0.286. The van der Waals surface area contributed by atoms with E-state index >= 15 is 0 Å². The van der Waals surface area contributed by atoms with E-state index in [0.29, 0.717) is 22.8 Å². The first-order valence-corrected chi connectivity index (χ1v) is 10.7. The molecule has 0 spiro atoms. The number of hydrogen-bond donors (Lipinski definition) is 0. The lowest BCUT2D eigenvalue weighted by atomic mass is 10.2. The Bertz CT molecular complexity index is 1070. The molecule has 170 valence electrons. The third kappa shape index (κ3) is 5.25. The van der Waals surface area contributed by atoms with Gasteiger partial charge in [-0.2, -0.15) is 0 Å². The van der Waals surface area contributed by atoms with Crippen molar-refractivity contribution in [2.45, 2.75) is 11.8 Å². The van der Waals surface area contributed by atoms with Crippen LogP contribution in [-0.2, 0) is 11.3 Å². The molecule has 0 saturated carbocycles. The zero-order chi connectivity index (χ0) is 23.3. The molecule has 0 radical (unpaired) electrons. The van der Waals surface area contributed by atoms with E-state index in [0.717, 1.165) is 11.8 Å². The zero-order valence-corrected chi connectivity index (χ0v) is 19.4. The molecule has 0 fully saturated rings. The van der Waals surface area contributed by atoms with Crippen LogP contribution in [0.3, 0.4) is 0 Å². The molecule has 0 unspecified atom stereocenters. The third-order valence-electron chi connectivity index (χ3n) is 4.52. The van der Waals surface area contributed by atoms with Crippen LogP contribution in [0.5, 0.6) is 17.2 Å². The van der Waals surface area contributed by atoms with Gasteiger partial charge in [0.1, 0.15) is 5.82 Å². The molecule has 0 N–H and O–H groups in total. The maximum Gasteiger partial charge on any atom is 0.277 e. The van der Waals surface area contributed by atoms with Crippen LogP contribution in [-0.4, -0.2) is 55.1 Å². The molecule has 11 heteroatoms. The second kappa shape index (κ2) is 10.6. The summed E-state index contributed by atoms with van der Waals surface area (Å²) >= 11 is 7.11. The molecular weight excluding hydrogens is 461 g/mol. The van der Waals surface area contributed by atoms with Crippen molar-refractivity contribution in [1.29, 1.82) is 0 Å². The van der Waals surface area contributed by atoms with Crippen LogP contribution in [0.15, 0.2) is 40.0 Å². The largest absolute Gasteiger partial charge is 0.493 e. The van der Waals surface area contributed by atoms with Crippen LogP contribution in [0.25, 0.3) is 11.5 Å². The summed E-state index contributed by atoms with van der Waals surface area (Å²) in [5.74, 6) is 0.871. The molecule has 32 heavy (non-hydrogen) atoms. The molecule has 0 bridgehead atoms. The van der Waals surface area contributed by atoms with Gasteiger partial charge in [0, 0.05) is 29.7 Å². The summed E-state index contributed by atoms with van der Waals surface area (Å²) in [6, 6.07) is 7.76. The Morgan fingerprint density at radius 3 is 2.44 bits per heavy atom. The smallest absolute Gasteiger partial charge is 0.277 e. The minimum Gasteiger partial charge on any atom is -0.493 e. The molecule has 0 aliphatic carbocycles. The van der Waals surface area contributed by atoms with Gasteiger partial charge < -0.3 is 23.5 Å². The SMILES string of the molecule is COc1cc(-c2nnc(SCC(=O)N(C)Cc3c(F)cccc3Cl)o2)cc(OC)c1OC. The lowest BCUT2D eigenvalue weighted by molar-refractivity contribution is -0.127. The van der Waals surface area contributed by atoms with Gasteiger partial charge in [0.25, 0.3) is 5.22 Å². The van der Waals surface area contributed by atoms with E-state index in [1.807, 2.05) is 0 Å². The maximum absolute atomic E-state index is 14.0. The van der Waals surface area contributed by atoms with E-state index in [9.17, 15) is 9.18 Å². The van der Waals surface area contributed by atoms with Gasteiger partial charge in [-0.3, -0.25) is 4.79 Å². The van der Waals surface area contributed by atoms with Crippen molar-refractivity contribution in [2.75, 3.05) is 34.1 Å². The quantitative estimate of drug-likeness (QED) is 0.418. The van der Waals surface area contributed by atoms with Crippen LogP contribution >= 0.6 is 23.4 Å². The van der Waals surface area contributed by atoms with E-state index in [4.69, 9.17) is 30.2 Å². The lowest BCUT2D eigenvalue weighted by Gasteiger charge is -2.17. The van der Waals surface area contributed by atoms with Gasteiger partial charge in [0.2, 0.25) is 17.5 Å². The normalized spacial score (nSPS) is 10.7. The predicted molar refractivity (Wildman–Crippen MR) is 118 cm³/mol. The van der Waals surface area contributed by atoms with E-state index < -0.39 is 5.82 Å². The summed E-state index contributed by atoms with van der Waals surface area (Å²) in [4.78, 5) is 13.8. The first-order valence-electron chi connectivity index (χ1n) is 9.31. The van der Waals surface area contributed by atoms with Crippen molar-refractivity contribution in [3.8, 4) is 28.7 Å². The van der Waals surface area contributed by atoms with Gasteiger partial charge >= 0.3 is 0 Å². The number of ether oxygens (including phenoxy) is 3. The topological polar surface area (TPSA) is 86.9 Å². The molecule has 1 aromatic heterocycles. The summed E-state index contributed by atoms with van der Waals surface area (Å²) in [5, 5.41) is 8.47. The minimum atomic E-state index is -0.461. The second-order valence-corrected chi connectivity index (χ2v) is 7.86. The standard InChI is InChI=1S/C21H21ClFN3O5S/c1-26(10-13-14(22)6-5-7-15(13)23)18(27)11-32-21-25-24-20(31-21)12-8-16(28-2)19(30-4)17(9-12)29-3/h5-9H,10-11H2,1-4H3.